The molecule has 0 spiro atoms. The second kappa shape index (κ2) is 7.73. The van der Waals surface area contributed by atoms with Gasteiger partial charge in [0.15, 0.2) is 0 Å². The lowest BCUT2D eigenvalue weighted by atomic mass is 9.88. The number of nitrogens with zero attached hydrogens (tertiary/aromatic N) is 1. The largest absolute Gasteiger partial charge is 0.342 e. The van der Waals surface area contributed by atoms with Crippen LogP contribution in [-0.4, -0.2) is 32.3 Å². The van der Waals surface area contributed by atoms with E-state index in [4.69, 9.17) is 0 Å². The summed E-state index contributed by atoms with van der Waals surface area (Å²) in [5.74, 6) is 0.0902. The van der Waals surface area contributed by atoms with Crippen LogP contribution in [0.2, 0.25) is 0 Å². The molecule has 0 radical (unpaired) electrons. The second-order valence-electron chi connectivity index (χ2n) is 7.25. The van der Waals surface area contributed by atoms with E-state index in [0.29, 0.717) is 0 Å². The van der Waals surface area contributed by atoms with Gasteiger partial charge >= 0.3 is 0 Å². The number of nitrogens with one attached hydrogen (secondary N) is 1. The van der Waals surface area contributed by atoms with Gasteiger partial charge in [0.05, 0.1) is 6.42 Å². The quantitative estimate of drug-likeness (QED) is 0.832. The predicted octanol–water partition coefficient (Wildman–Crippen LogP) is 3.27. The fourth-order valence-electron chi connectivity index (χ4n) is 3.95. The van der Waals surface area contributed by atoms with Crippen LogP contribution < -0.4 is 4.72 Å². The number of carbonyl (C=O) groups is 1. The van der Waals surface area contributed by atoms with Gasteiger partial charge in [-0.1, -0.05) is 24.3 Å². The van der Waals surface area contributed by atoms with Gasteiger partial charge in [0.25, 0.3) is 10.0 Å². The molecule has 1 aromatic carbocycles. The molecular formula is C20H24N2O3S2. The third-order valence-corrected chi connectivity index (χ3v) is 8.40. The van der Waals surface area contributed by atoms with E-state index in [-0.39, 0.29) is 22.6 Å². The number of carbonyl (C=O) groups excluding carboxylic acids is 1. The van der Waals surface area contributed by atoms with Crippen LogP contribution in [0.3, 0.4) is 0 Å². The van der Waals surface area contributed by atoms with Gasteiger partial charge in [-0.3, -0.25) is 4.79 Å². The van der Waals surface area contributed by atoms with E-state index in [1.165, 1.54) is 16.9 Å². The zero-order valence-electron chi connectivity index (χ0n) is 15.2. The van der Waals surface area contributed by atoms with E-state index < -0.39 is 10.0 Å². The van der Waals surface area contributed by atoms with Crippen molar-refractivity contribution in [1.29, 1.82) is 0 Å². The van der Waals surface area contributed by atoms with Gasteiger partial charge in [-0.05, 0) is 55.4 Å². The van der Waals surface area contributed by atoms with Crippen LogP contribution in [-0.2, 0) is 27.7 Å². The van der Waals surface area contributed by atoms with E-state index in [2.05, 4.69) is 10.8 Å². The molecule has 5 nitrogen and oxygen atoms in total. The maximum absolute atomic E-state index is 12.9. The Hall–Kier alpha value is -1.70. The van der Waals surface area contributed by atoms with Crippen LogP contribution in [0.4, 0.5) is 0 Å². The third kappa shape index (κ3) is 4.10. The number of benzene rings is 1. The predicted molar refractivity (Wildman–Crippen MR) is 106 cm³/mol. The molecule has 1 N–H and O–H groups in total. The van der Waals surface area contributed by atoms with Crippen molar-refractivity contribution in [2.45, 2.75) is 48.8 Å². The van der Waals surface area contributed by atoms with Crippen LogP contribution in [0.15, 0.2) is 40.6 Å². The number of sulfonamides is 1. The minimum Gasteiger partial charge on any atom is -0.342 e. The Bertz CT molecular complexity index is 930. The maximum Gasteiger partial charge on any atom is 0.250 e. The first-order valence-electron chi connectivity index (χ1n) is 9.49. The Morgan fingerprint density at radius 3 is 2.70 bits per heavy atom. The highest BCUT2D eigenvalue weighted by molar-refractivity contribution is 7.91. The normalized spacial score (nSPS) is 19.9. The van der Waals surface area contributed by atoms with Crippen LogP contribution in [0, 0.1) is 0 Å². The lowest BCUT2D eigenvalue weighted by molar-refractivity contribution is -0.129. The van der Waals surface area contributed by atoms with Gasteiger partial charge in [0.1, 0.15) is 4.21 Å². The summed E-state index contributed by atoms with van der Waals surface area (Å²) in [6.07, 6.45) is 5.18. The number of fused-ring (bicyclic) bond motifs is 1. The van der Waals surface area contributed by atoms with Gasteiger partial charge in [-0.25, -0.2) is 13.1 Å². The molecule has 1 aliphatic carbocycles. The van der Waals surface area contributed by atoms with Crippen LogP contribution in [0.5, 0.6) is 0 Å². The number of amides is 1. The Morgan fingerprint density at radius 1 is 1.11 bits per heavy atom. The number of hydrogen-bond acceptors (Lipinski definition) is 4. The maximum atomic E-state index is 12.9. The summed E-state index contributed by atoms with van der Waals surface area (Å²) in [5.41, 5.74) is 2.30. The molecule has 0 saturated carbocycles. The molecule has 1 unspecified atom stereocenters. The van der Waals surface area contributed by atoms with Gasteiger partial charge in [-0.2, -0.15) is 0 Å². The summed E-state index contributed by atoms with van der Waals surface area (Å²) < 4.78 is 28.9. The lowest BCUT2D eigenvalue weighted by Gasteiger charge is -2.25. The molecule has 2 aromatic rings. The van der Waals surface area contributed by atoms with Gasteiger partial charge < -0.3 is 4.90 Å². The highest BCUT2D eigenvalue weighted by Crippen LogP contribution is 2.32. The zero-order chi connectivity index (χ0) is 18.9. The summed E-state index contributed by atoms with van der Waals surface area (Å²) >= 11 is 1.20. The molecule has 1 saturated heterocycles. The van der Waals surface area contributed by atoms with Crippen LogP contribution in [0.25, 0.3) is 0 Å². The van der Waals surface area contributed by atoms with Gasteiger partial charge in [0, 0.05) is 24.0 Å². The molecular weight excluding hydrogens is 380 g/mol. The summed E-state index contributed by atoms with van der Waals surface area (Å²) in [6, 6.07) is 11.2. The third-order valence-electron chi connectivity index (χ3n) is 5.35. The molecule has 1 aliphatic heterocycles. The summed E-state index contributed by atoms with van der Waals surface area (Å²) in [7, 11) is -3.59. The van der Waals surface area contributed by atoms with Crippen LogP contribution in [0.1, 0.15) is 47.7 Å². The first kappa shape index (κ1) is 18.7. The SMILES string of the molecule is O=C(Cc1ccc(S(=O)(=O)NC2CCCc3ccccc32)s1)N1CCCC1. The number of hydrogen-bond donors (Lipinski definition) is 1. The van der Waals surface area contributed by atoms with Gasteiger partial charge in [-0.15, -0.1) is 11.3 Å². The number of likely N-dealkylation sites (tertiary alicyclic amines) is 1. The standard InChI is InChI=1S/C20H24N2O3S2/c23-19(22-12-3-4-13-22)14-16-10-11-20(26-16)27(24,25)21-18-9-5-7-15-6-1-2-8-17(15)18/h1-2,6,8,10-11,18,21H,3-5,7,9,12-14H2. The Balaban J connectivity index is 1.47. The molecule has 1 atom stereocenters. The molecule has 4 rings (SSSR count). The molecule has 1 fully saturated rings. The number of thiophene rings is 1. The van der Waals surface area contributed by atoms with Crippen molar-refractivity contribution in [2.75, 3.05) is 13.1 Å². The molecule has 144 valence electrons. The lowest BCUT2D eigenvalue weighted by Crippen LogP contribution is -2.30. The molecule has 1 aromatic heterocycles. The molecule has 2 aliphatic rings. The molecule has 7 heteroatoms. The van der Waals surface area contributed by atoms with Crippen LogP contribution >= 0.6 is 11.3 Å². The van der Waals surface area contributed by atoms with E-state index in [1.54, 1.807) is 12.1 Å². The minimum absolute atomic E-state index is 0.0902. The zero-order valence-corrected chi connectivity index (χ0v) is 16.8. The highest BCUT2D eigenvalue weighted by Gasteiger charge is 2.27. The molecule has 27 heavy (non-hydrogen) atoms. The van der Waals surface area contributed by atoms with Crippen molar-refractivity contribution in [3.8, 4) is 0 Å². The minimum atomic E-state index is -3.59. The summed E-state index contributed by atoms with van der Waals surface area (Å²) in [6.45, 7) is 1.63. The Morgan fingerprint density at radius 2 is 1.89 bits per heavy atom. The first-order valence-corrected chi connectivity index (χ1v) is 11.8. The van der Waals surface area contributed by atoms with Gasteiger partial charge in [0.2, 0.25) is 5.91 Å². The van der Waals surface area contributed by atoms with E-state index in [1.807, 2.05) is 23.1 Å². The topological polar surface area (TPSA) is 66.5 Å². The Labute approximate surface area is 164 Å². The molecule has 0 bridgehead atoms. The number of rotatable bonds is 5. The van der Waals surface area contributed by atoms with E-state index in [9.17, 15) is 13.2 Å². The fourth-order valence-corrected chi connectivity index (χ4v) is 6.56. The van der Waals surface area contributed by atoms with Crippen molar-refractivity contribution < 1.29 is 13.2 Å². The van der Waals surface area contributed by atoms with Crippen molar-refractivity contribution >= 4 is 27.3 Å². The molecule has 1 amide bonds. The Kier molecular flexibility index (Phi) is 5.34. The smallest absolute Gasteiger partial charge is 0.250 e. The van der Waals surface area contributed by atoms with Crippen molar-refractivity contribution in [3.05, 3.63) is 52.4 Å². The van der Waals surface area contributed by atoms with Crippen molar-refractivity contribution in [3.63, 3.8) is 0 Å². The van der Waals surface area contributed by atoms with Crippen molar-refractivity contribution in [2.24, 2.45) is 0 Å². The summed E-state index contributed by atoms with van der Waals surface area (Å²) in [5, 5.41) is 0. The average Bonchev–Trinajstić information content (AvgIpc) is 3.34. The number of aryl methyl sites for hydroxylation is 1. The second-order valence-corrected chi connectivity index (χ2v) is 10.4. The highest BCUT2D eigenvalue weighted by atomic mass is 32.2. The molecule has 2 heterocycles. The van der Waals surface area contributed by atoms with E-state index in [0.717, 1.165) is 55.6 Å². The summed E-state index contributed by atoms with van der Waals surface area (Å²) in [4.78, 5) is 15.0. The average molecular weight is 405 g/mol. The first-order chi connectivity index (χ1) is 13.0. The van der Waals surface area contributed by atoms with Crippen molar-refractivity contribution in [1.82, 2.24) is 9.62 Å². The van der Waals surface area contributed by atoms with E-state index >= 15 is 0 Å². The monoisotopic (exact) mass is 404 g/mol. The fraction of sp³-hybridized carbons (Fsp3) is 0.450.